The van der Waals surface area contributed by atoms with Gasteiger partial charge < -0.3 is 21.1 Å². The van der Waals surface area contributed by atoms with Crippen molar-refractivity contribution in [3.05, 3.63) is 42.7 Å². The number of fused-ring (bicyclic) bond motifs is 1. The summed E-state index contributed by atoms with van der Waals surface area (Å²) in [6.45, 7) is 1.55. The van der Waals surface area contributed by atoms with Gasteiger partial charge in [0, 0.05) is 49.3 Å². The largest absolute Gasteiger partial charge is 0.379 e. The number of anilines is 3. The molecule has 1 aromatic carbocycles. The zero-order chi connectivity index (χ0) is 22.8. The molecule has 10 nitrogen and oxygen atoms in total. The lowest BCUT2D eigenvalue weighted by Gasteiger charge is -2.27. The number of imidazole rings is 1. The minimum atomic E-state index is -3.58. The quantitative estimate of drug-likeness (QED) is 0.499. The van der Waals surface area contributed by atoms with Crippen molar-refractivity contribution in [3.63, 3.8) is 0 Å². The fourth-order valence-electron chi connectivity index (χ4n) is 4.38. The minimum Gasteiger partial charge on any atom is -0.379 e. The van der Waals surface area contributed by atoms with Gasteiger partial charge in [0.2, 0.25) is 10.0 Å². The van der Waals surface area contributed by atoms with Crippen LogP contribution in [0.5, 0.6) is 0 Å². The molecular formula is C22H29N7O3S. The molecule has 1 saturated carbocycles. The number of morpholine rings is 1. The average Bonchev–Trinajstić information content (AvgIpc) is 3.30. The lowest BCUT2D eigenvalue weighted by Crippen LogP contribution is -2.40. The number of sulfonamides is 1. The van der Waals surface area contributed by atoms with E-state index < -0.39 is 10.0 Å². The van der Waals surface area contributed by atoms with Gasteiger partial charge in [-0.25, -0.2) is 17.9 Å². The van der Waals surface area contributed by atoms with E-state index in [0.717, 1.165) is 37.2 Å². The number of benzene rings is 1. The highest BCUT2D eigenvalue weighted by Gasteiger charge is 2.26. The van der Waals surface area contributed by atoms with Crippen molar-refractivity contribution in [2.24, 2.45) is 5.73 Å². The molecule has 0 radical (unpaired) electrons. The van der Waals surface area contributed by atoms with Crippen LogP contribution in [0.15, 0.2) is 47.6 Å². The number of aromatic nitrogens is 3. The van der Waals surface area contributed by atoms with Crippen LogP contribution in [-0.4, -0.2) is 65.7 Å². The summed E-state index contributed by atoms with van der Waals surface area (Å²) in [5.41, 5.74) is 8.10. The normalized spacial score (nSPS) is 22.3. The van der Waals surface area contributed by atoms with Gasteiger partial charge in [0.1, 0.15) is 5.82 Å². The predicted octanol–water partition coefficient (Wildman–Crippen LogP) is 2.18. The molecule has 0 bridgehead atoms. The Kier molecular flexibility index (Phi) is 6.19. The molecule has 0 unspecified atom stereocenters. The summed E-state index contributed by atoms with van der Waals surface area (Å²) in [6, 6.07) is 9.38. The summed E-state index contributed by atoms with van der Waals surface area (Å²) in [7, 11) is -3.58. The first-order chi connectivity index (χ1) is 16.0. The average molecular weight is 472 g/mol. The van der Waals surface area contributed by atoms with Crippen molar-refractivity contribution in [2.45, 2.75) is 42.7 Å². The van der Waals surface area contributed by atoms with Gasteiger partial charge in [0.15, 0.2) is 5.65 Å². The molecule has 4 N–H and O–H groups in total. The van der Waals surface area contributed by atoms with Gasteiger partial charge in [-0.2, -0.15) is 4.31 Å². The van der Waals surface area contributed by atoms with E-state index >= 15 is 0 Å². The van der Waals surface area contributed by atoms with Crippen molar-refractivity contribution in [3.8, 4) is 0 Å². The number of hydrogen-bond acceptors (Lipinski definition) is 8. The van der Waals surface area contributed by atoms with Crippen LogP contribution in [0.3, 0.4) is 0 Å². The van der Waals surface area contributed by atoms with Crippen LogP contribution in [-0.2, 0) is 14.8 Å². The molecule has 3 heterocycles. The molecule has 176 valence electrons. The number of nitrogens with zero attached hydrogens (tertiary/aromatic N) is 4. The highest BCUT2D eigenvalue weighted by molar-refractivity contribution is 7.89. The smallest absolute Gasteiger partial charge is 0.243 e. The topological polar surface area (TPSA) is 127 Å². The summed E-state index contributed by atoms with van der Waals surface area (Å²) in [5.74, 6) is 0.737. The van der Waals surface area contributed by atoms with Crippen LogP contribution in [0.25, 0.3) is 5.65 Å². The number of ether oxygens (including phenoxy) is 1. The monoisotopic (exact) mass is 471 g/mol. The van der Waals surface area contributed by atoms with Crippen molar-refractivity contribution in [1.29, 1.82) is 0 Å². The zero-order valence-corrected chi connectivity index (χ0v) is 19.2. The molecule has 0 spiro atoms. The Hall–Kier alpha value is -2.73. The maximum absolute atomic E-state index is 13.1. The van der Waals surface area contributed by atoms with Gasteiger partial charge in [0.05, 0.1) is 23.8 Å². The lowest BCUT2D eigenvalue weighted by atomic mass is 9.92. The summed E-state index contributed by atoms with van der Waals surface area (Å²) in [5, 5.41) is 11.5. The van der Waals surface area contributed by atoms with E-state index in [-0.39, 0.29) is 10.9 Å². The van der Waals surface area contributed by atoms with Gasteiger partial charge in [-0.05, 0) is 43.9 Å². The maximum atomic E-state index is 13.1. The SMILES string of the molecule is NC1CCC(Nc2cc(Nc3cccc(S(=O)(=O)N4CCOCC4)c3)c3nccn3n2)CC1. The predicted molar refractivity (Wildman–Crippen MR) is 126 cm³/mol. The fraction of sp³-hybridized carbons (Fsp3) is 0.455. The molecule has 33 heavy (non-hydrogen) atoms. The second-order valence-electron chi connectivity index (χ2n) is 8.56. The summed E-state index contributed by atoms with van der Waals surface area (Å²) in [6.07, 6.45) is 7.50. The Labute approximate surface area is 193 Å². The Morgan fingerprint density at radius 1 is 1.09 bits per heavy atom. The minimum absolute atomic E-state index is 0.250. The zero-order valence-electron chi connectivity index (χ0n) is 18.4. The second kappa shape index (κ2) is 9.26. The third kappa shape index (κ3) is 4.81. The van der Waals surface area contributed by atoms with E-state index in [1.54, 1.807) is 35.1 Å². The van der Waals surface area contributed by atoms with Crippen LogP contribution in [0.1, 0.15) is 25.7 Å². The van der Waals surface area contributed by atoms with Gasteiger partial charge in [-0.3, -0.25) is 0 Å². The first-order valence-electron chi connectivity index (χ1n) is 11.3. The second-order valence-corrected chi connectivity index (χ2v) is 10.5. The van der Waals surface area contributed by atoms with Gasteiger partial charge in [-0.15, -0.1) is 5.10 Å². The van der Waals surface area contributed by atoms with Gasteiger partial charge in [-0.1, -0.05) is 6.07 Å². The van der Waals surface area contributed by atoms with Crippen LogP contribution in [0.2, 0.25) is 0 Å². The Morgan fingerprint density at radius 3 is 2.67 bits per heavy atom. The Balaban J connectivity index is 1.40. The standard InChI is InChI=1S/C22H29N7O3S/c23-16-4-6-17(7-5-16)26-21-15-20(22-24-8-9-29(22)27-21)25-18-2-1-3-19(14-18)33(30,31)28-10-12-32-13-11-28/h1-3,8-9,14-17,25H,4-7,10-13,23H2,(H,26,27). The third-order valence-electron chi connectivity index (χ3n) is 6.20. The van der Waals surface area contributed by atoms with E-state index in [0.29, 0.717) is 43.7 Å². The van der Waals surface area contributed by atoms with Crippen molar-refractivity contribution < 1.29 is 13.2 Å². The number of nitrogens with one attached hydrogen (secondary N) is 2. The molecule has 2 aliphatic rings. The highest BCUT2D eigenvalue weighted by atomic mass is 32.2. The van der Waals surface area contributed by atoms with E-state index in [1.807, 2.05) is 12.1 Å². The lowest BCUT2D eigenvalue weighted by molar-refractivity contribution is 0.0730. The van der Waals surface area contributed by atoms with Crippen LogP contribution in [0, 0.1) is 0 Å². The highest BCUT2D eigenvalue weighted by Crippen LogP contribution is 2.27. The van der Waals surface area contributed by atoms with Gasteiger partial charge in [0.25, 0.3) is 0 Å². The molecule has 1 aliphatic heterocycles. The Bertz CT molecular complexity index is 1220. The maximum Gasteiger partial charge on any atom is 0.243 e. The molecule has 11 heteroatoms. The van der Waals surface area contributed by atoms with E-state index in [2.05, 4.69) is 20.7 Å². The molecule has 0 amide bonds. The molecule has 5 rings (SSSR count). The summed E-state index contributed by atoms with van der Waals surface area (Å²) < 4.78 is 34.6. The number of rotatable bonds is 6. The van der Waals surface area contributed by atoms with E-state index in [4.69, 9.17) is 10.5 Å². The molecule has 2 fully saturated rings. The van der Waals surface area contributed by atoms with Crippen LogP contribution in [0.4, 0.5) is 17.2 Å². The Morgan fingerprint density at radius 2 is 1.88 bits per heavy atom. The third-order valence-corrected chi connectivity index (χ3v) is 8.10. The van der Waals surface area contributed by atoms with Crippen molar-refractivity contribution in [2.75, 3.05) is 36.9 Å². The molecule has 3 aromatic rings. The first kappa shape index (κ1) is 22.1. The number of hydrogen-bond donors (Lipinski definition) is 3. The first-order valence-corrected chi connectivity index (χ1v) is 12.7. The molecular weight excluding hydrogens is 442 g/mol. The van der Waals surface area contributed by atoms with Gasteiger partial charge >= 0.3 is 0 Å². The summed E-state index contributed by atoms with van der Waals surface area (Å²) >= 11 is 0. The van der Waals surface area contributed by atoms with Crippen molar-refractivity contribution in [1.82, 2.24) is 18.9 Å². The fourth-order valence-corrected chi connectivity index (χ4v) is 5.83. The molecule has 1 aliphatic carbocycles. The van der Waals surface area contributed by atoms with E-state index in [9.17, 15) is 8.42 Å². The number of nitrogens with two attached hydrogens (primary N) is 1. The van der Waals surface area contributed by atoms with Crippen LogP contribution >= 0.6 is 0 Å². The molecule has 2 aromatic heterocycles. The van der Waals surface area contributed by atoms with Crippen LogP contribution < -0.4 is 16.4 Å². The molecule has 0 atom stereocenters. The van der Waals surface area contributed by atoms with E-state index in [1.165, 1.54) is 4.31 Å². The molecule has 1 saturated heterocycles. The van der Waals surface area contributed by atoms with Crippen molar-refractivity contribution >= 4 is 32.9 Å². The summed E-state index contributed by atoms with van der Waals surface area (Å²) in [4.78, 5) is 4.66.